The molecule has 0 aliphatic heterocycles. The smallest absolute Gasteiger partial charge is 0.111 e. The van der Waals surface area contributed by atoms with Crippen molar-refractivity contribution in [1.82, 2.24) is 9.55 Å². The zero-order valence-electron chi connectivity index (χ0n) is 12.6. The molecule has 0 radical (unpaired) electrons. The van der Waals surface area contributed by atoms with E-state index < -0.39 is 0 Å². The highest BCUT2D eigenvalue weighted by Gasteiger charge is 2.29. The number of benzene rings is 1. The van der Waals surface area contributed by atoms with E-state index in [1.54, 1.807) is 0 Å². The van der Waals surface area contributed by atoms with Gasteiger partial charge in [-0.2, -0.15) is 0 Å². The van der Waals surface area contributed by atoms with Crippen LogP contribution in [0.1, 0.15) is 45.0 Å². The van der Waals surface area contributed by atoms with Crippen molar-refractivity contribution in [3.05, 3.63) is 29.0 Å². The second-order valence-corrected chi connectivity index (χ2v) is 7.19. The summed E-state index contributed by atoms with van der Waals surface area (Å²) in [5.74, 6) is 3.17. The molecule has 1 aliphatic carbocycles. The Morgan fingerprint density at radius 3 is 2.81 bits per heavy atom. The highest BCUT2D eigenvalue weighted by molar-refractivity contribution is 6.34. The highest BCUT2D eigenvalue weighted by Crippen LogP contribution is 2.40. The van der Waals surface area contributed by atoms with Crippen LogP contribution in [0.3, 0.4) is 0 Å². The number of nitrogens with zero attached hydrogens (tertiary/aromatic N) is 2. The van der Waals surface area contributed by atoms with Crippen LogP contribution in [0.2, 0.25) is 5.02 Å². The Morgan fingerprint density at radius 1 is 1.29 bits per heavy atom. The van der Waals surface area contributed by atoms with E-state index in [0.717, 1.165) is 34.2 Å². The van der Waals surface area contributed by atoms with E-state index in [-0.39, 0.29) is 0 Å². The summed E-state index contributed by atoms with van der Waals surface area (Å²) < 4.78 is 2.42. The summed E-state index contributed by atoms with van der Waals surface area (Å²) in [6.07, 6.45) is 4.59. The number of alkyl halides is 1. The molecule has 3 rings (SSSR count). The minimum atomic E-state index is 0.517. The molecule has 0 bridgehead atoms. The summed E-state index contributed by atoms with van der Waals surface area (Å²) in [7, 11) is 0. The molecule has 21 heavy (non-hydrogen) atoms. The van der Waals surface area contributed by atoms with Crippen LogP contribution in [0, 0.1) is 11.8 Å². The molecular weight excluding hydrogens is 303 g/mol. The van der Waals surface area contributed by atoms with Crippen LogP contribution >= 0.6 is 23.2 Å². The van der Waals surface area contributed by atoms with Gasteiger partial charge in [-0.25, -0.2) is 4.98 Å². The molecule has 3 atom stereocenters. The third-order valence-electron chi connectivity index (χ3n) is 4.78. The van der Waals surface area contributed by atoms with Gasteiger partial charge in [-0.05, 0) is 43.2 Å². The van der Waals surface area contributed by atoms with Gasteiger partial charge in [0.25, 0.3) is 0 Å². The van der Waals surface area contributed by atoms with Gasteiger partial charge in [-0.15, -0.1) is 11.6 Å². The summed E-state index contributed by atoms with van der Waals surface area (Å²) in [6.45, 7) is 4.72. The molecule has 1 fully saturated rings. The van der Waals surface area contributed by atoms with E-state index in [2.05, 4.69) is 24.5 Å². The number of hydrogen-bond donors (Lipinski definition) is 0. The molecular formula is C17H22Cl2N2. The van der Waals surface area contributed by atoms with Crippen molar-refractivity contribution in [2.45, 2.75) is 45.6 Å². The molecule has 0 spiro atoms. The SMILES string of the molecule is CC1CCC(n2c(CCCl)nc3c(Cl)cccc32)C(C)C1. The first-order valence-electron chi connectivity index (χ1n) is 7.83. The lowest BCUT2D eigenvalue weighted by molar-refractivity contribution is 0.208. The van der Waals surface area contributed by atoms with Crippen LogP contribution in [0.4, 0.5) is 0 Å². The maximum atomic E-state index is 6.33. The molecule has 4 heteroatoms. The van der Waals surface area contributed by atoms with Crippen LogP contribution < -0.4 is 0 Å². The number of para-hydroxylation sites is 1. The van der Waals surface area contributed by atoms with E-state index in [0.29, 0.717) is 17.8 Å². The Labute approximate surface area is 136 Å². The summed E-state index contributed by atoms with van der Waals surface area (Å²) in [5.41, 5.74) is 2.08. The first-order valence-corrected chi connectivity index (χ1v) is 8.74. The topological polar surface area (TPSA) is 17.8 Å². The van der Waals surface area contributed by atoms with Crippen LogP contribution in [-0.4, -0.2) is 15.4 Å². The first kappa shape index (κ1) is 15.2. The number of imidazole rings is 1. The molecule has 1 aromatic carbocycles. The lowest BCUT2D eigenvalue weighted by atomic mass is 9.79. The molecule has 2 aromatic rings. The summed E-state index contributed by atoms with van der Waals surface area (Å²) >= 11 is 12.3. The highest BCUT2D eigenvalue weighted by atomic mass is 35.5. The number of fused-ring (bicyclic) bond motifs is 1. The Bertz CT molecular complexity index is 635. The summed E-state index contributed by atoms with van der Waals surface area (Å²) in [4.78, 5) is 4.78. The fourth-order valence-corrected chi connectivity index (χ4v) is 4.18. The normalized spacial score (nSPS) is 26.4. The predicted molar refractivity (Wildman–Crippen MR) is 90.4 cm³/mol. The second kappa shape index (κ2) is 6.18. The molecule has 2 nitrogen and oxygen atoms in total. The minimum absolute atomic E-state index is 0.517. The van der Waals surface area contributed by atoms with Crippen LogP contribution in [-0.2, 0) is 6.42 Å². The van der Waals surface area contributed by atoms with E-state index in [4.69, 9.17) is 28.2 Å². The zero-order chi connectivity index (χ0) is 15.0. The van der Waals surface area contributed by atoms with Gasteiger partial charge in [0.05, 0.1) is 10.5 Å². The Balaban J connectivity index is 2.11. The Hall–Kier alpha value is -0.730. The van der Waals surface area contributed by atoms with Gasteiger partial charge in [0.1, 0.15) is 11.3 Å². The van der Waals surface area contributed by atoms with Crippen LogP contribution in [0.25, 0.3) is 11.0 Å². The lowest BCUT2D eigenvalue weighted by Crippen LogP contribution is -2.26. The minimum Gasteiger partial charge on any atom is -0.325 e. The summed E-state index contributed by atoms with van der Waals surface area (Å²) in [5, 5.41) is 0.735. The summed E-state index contributed by atoms with van der Waals surface area (Å²) in [6, 6.07) is 6.58. The van der Waals surface area contributed by atoms with Crippen molar-refractivity contribution in [2.75, 3.05) is 5.88 Å². The molecule has 0 N–H and O–H groups in total. The van der Waals surface area contributed by atoms with E-state index in [9.17, 15) is 0 Å². The van der Waals surface area contributed by atoms with Gasteiger partial charge >= 0.3 is 0 Å². The van der Waals surface area contributed by atoms with E-state index in [1.165, 1.54) is 19.3 Å². The maximum Gasteiger partial charge on any atom is 0.111 e. The number of hydrogen-bond acceptors (Lipinski definition) is 1. The molecule has 1 aromatic heterocycles. The van der Waals surface area contributed by atoms with Gasteiger partial charge < -0.3 is 4.57 Å². The van der Waals surface area contributed by atoms with Gasteiger partial charge in [0.15, 0.2) is 0 Å². The number of halogens is 2. The first-order chi connectivity index (χ1) is 10.1. The molecule has 0 saturated heterocycles. The number of aryl methyl sites for hydroxylation is 1. The van der Waals surface area contributed by atoms with Gasteiger partial charge in [0, 0.05) is 18.3 Å². The maximum absolute atomic E-state index is 6.33. The molecule has 1 aliphatic rings. The van der Waals surface area contributed by atoms with Gasteiger partial charge in [-0.3, -0.25) is 0 Å². The van der Waals surface area contributed by atoms with Crippen molar-refractivity contribution in [3.63, 3.8) is 0 Å². The quantitative estimate of drug-likeness (QED) is 0.684. The largest absolute Gasteiger partial charge is 0.325 e. The molecule has 114 valence electrons. The van der Waals surface area contributed by atoms with Crippen LogP contribution in [0.15, 0.2) is 18.2 Å². The third-order valence-corrected chi connectivity index (χ3v) is 5.27. The van der Waals surface area contributed by atoms with Crippen LogP contribution in [0.5, 0.6) is 0 Å². The molecule has 1 heterocycles. The van der Waals surface area contributed by atoms with Crippen molar-refractivity contribution in [2.24, 2.45) is 11.8 Å². The molecule has 3 unspecified atom stereocenters. The Morgan fingerprint density at radius 2 is 2.10 bits per heavy atom. The predicted octanol–water partition coefficient (Wildman–Crippen LogP) is 5.47. The van der Waals surface area contributed by atoms with Gasteiger partial charge in [-0.1, -0.05) is 31.5 Å². The lowest BCUT2D eigenvalue weighted by Gasteiger charge is -2.34. The number of rotatable bonds is 3. The zero-order valence-corrected chi connectivity index (χ0v) is 14.2. The van der Waals surface area contributed by atoms with Crippen molar-refractivity contribution >= 4 is 34.2 Å². The van der Waals surface area contributed by atoms with Gasteiger partial charge in [0.2, 0.25) is 0 Å². The number of aromatic nitrogens is 2. The standard InChI is InChI=1S/C17H22Cl2N2/c1-11-6-7-14(12(2)10-11)21-15-5-3-4-13(19)17(15)20-16(21)8-9-18/h3-5,11-12,14H,6-10H2,1-2H3. The van der Waals surface area contributed by atoms with Crippen molar-refractivity contribution in [1.29, 1.82) is 0 Å². The fraction of sp³-hybridized carbons (Fsp3) is 0.588. The molecule has 0 amide bonds. The monoisotopic (exact) mass is 324 g/mol. The van der Waals surface area contributed by atoms with E-state index in [1.807, 2.05) is 12.1 Å². The van der Waals surface area contributed by atoms with Crippen molar-refractivity contribution in [3.8, 4) is 0 Å². The molecule has 1 saturated carbocycles. The second-order valence-electron chi connectivity index (χ2n) is 6.41. The van der Waals surface area contributed by atoms with E-state index >= 15 is 0 Å². The Kier molecular flexibility index (Phi) is 4.46. The average molecular weight is 325 g/mol. The van der Waals surface area contributed by atoms with Crippen molar-refractivity contribution < 1.29 is 0 Å². The third kappa shape index (κ3) is 2.80. The fourth-order valence-electron chi connectivity index (χ4n) is 3.79. The average Bonchev–Trinajstić information content (AvgIpc) is 2.79.